The Morgan fingerprint density at radius 3 is 2.38 bits per heavy atom. The number of rotatable bonds is 6. The van der Waals surface area contributed by atoms with Crippen molar-refractivity contribution in [2.75, 3.05) is 0 Å². The van der Waals surface area contributed by atoms with Gasteiger partial charge < -0.3 is 0 Å². The smallest absolute Gasteiger partial charge is 0.0108 e. The maximum absolute atomic E-state index is 2.42. The summed E-state index contributed by atoms with van der Waals surface area (Å²) in [5.41, 5.74) is 6.96. The monoisotopic (exact) mass is 338 g/mol. The molecule has 0 saturated heterocycles. The summed E-state index contributed by atoms with van der Waals surface area (Å²) in [7, 11) is 0. The third-order valence-corrected chi connectivity index (χ3v) is 5.35. The van der Waals surface area contributed by atoms with Crippen molar-refractivity contribution < 1.29 is 0 Å². The van der Waals surface area contributed by atoms with Crippen LogP contribution in [0.4, 0.5) is 0 Å². The molecule has 3 aromatic rings. The third kappa shape index (κ3) is 3.37. The fraction of sp³-hybridized carbons (Fsp3) is 0.231. The largest absolute Gasteiger partial charge is 0.0654 e. The number of fused-ring (bicyclic) bond motifs is 2. The Bertz CT molecular complexity index is 967. The SMILES string of the molecule is CCCCCCC1=CC(=Cc2cccc3ccccc23)c2ccccc21. The van der Waals surface area contributed by atoms with Gasteiger partial charge in [-0.1, -0.05) is 99.0 Å². The molecule has 1 aliphatic carbocycles. The van der Waals surface area contributed by atoms with Crippen molar-refractivity contribution in [1.29, 1.82) is 0 Å². The molecule has 3 aromatic carbocycles. The quantitative estimate of drug-likeness (QED) is 0.403. The maximum atomic E-state index is 2.42. The molecule has 0 nitrogen and oxygen atoms in total. The summed E-state index contributed by atoms with van der Waals surface area (Å²) in [6.07, 6.45) is 11.2. The zero-order valence-corrected chi connectivity index (χ0v) is 15.5. The molecule has 0 N–H and O–H groups in total. The van der Waals surface area contributed by atoms with Crippen LogP contribution in [0.15, 0.2) is 72.8 Å². The van der Waals surface area contributed by atoms with Crippen LogP contribution >= 0.6 is 0 Å². The van der Waals surface area contributed by atoms with Gasteiger partial charge in [0.25, 0.3) is 0 Å². The van der Waals surface area contributed by atoms with Gasteiger partial charge in [0.15, 0.2) is 0 Å². The van der Waals surface area contributed by atoms with E-state index in [-0.39, 0.29) is 0 Å². The number of hydrogen-bond acceptors (Lipinski definition) is 0. The van der Waals surface area contributed by atoms with Gasteiger partial charge in [-0.3, -0.25) is 0 Å². The fourth-order valence-electron chi connectivity index (χ4n) is 3.97. The van der Waals surface area contributed by atoms with Crippen molar-refractivity contribution in [1.82, 2.24) is 0 Å². The molecule has 0 fully saturated rings. The summed E-state index contributed by atoms with van der Waals surface area (Å²) in [4.78, 5) is 0. The molecule has 130 valence electrons. The molecular weight excluding hydrogens is 312 g/mol. The van der Waals surface area contributed by atoms with Crippen molar-refractivity contribution in [3.63, 3.8) is 0 Å². The molecule has 1 aliphatic rings. The van der Waals surface area contributed by atoms with E-state index in [1.54, 1.807) is 0 Å². The van der Waals surface area contributed by atoms with Crippen LogP contribution in [-0.2, 0) is 0 Å². The molecule has 0 radical (unpaired) electrons. The Morgan fingerprint density at radius 2 is 1.50 bits per heavy atom. The molecule has 0 aromatic heterocycles. The van der Waals surface area contributed by atoms with Crippen LogP contribution in [0.2, 0.25) is 0 Å². The molecule has 0 saturated carbocycles. The minimum atomic E-state index is 1.18. The van der Waals surface area contributed by atoms with Gasteiger partial charge in [0.1, 0.15) is 0 Å². The Labute approximate surface area is 156 Å². The van der Waals surface area contributed by atoms with E-state index in [0.717, 1.165) is 0 Å². The molecule has 0 unspecified atom stereocenters. The molecule has 0 bridgehead atoms. The minimum Gasteiger partial charge on any atom is -0.0654 e. The third-order valence-electron chi connectivity index (χ3n) is 5.35. The lowest BCUT2D eigenvalue weighted by molar-refractivity contribution is 0.679. The summed E-state index contributed by atoms with van der Waals surface area (Å²) in [5.74, 6) is 0. The van der Waals surface area contributed by atoms with E-state index in [0.29, 0.717) is 0 Å². The molecule has 0 atom stereocenters. The van der Waals surface area contributed by atoms with Crippen molar-refractivity contribution in [3.05, 3.63) is 89.5 Å². The molecule has 0 aliphatic heterocycles. The summed E-state index contributed by atoms with van der Waals surface area (Å²) in [6, 6.07) is 24.1. The van der Waals surface area contributed by atoms with Gasteiger partial charge in [0.05, 0.1) is 0 Å². The first-order chi connectivity index (χ1) is 12.9. The molecule has 26 heavy (non-hydrogen) atoms. The van der Waals surface area contributed by atoms with Crippen LogP contribution in [0.1, 0.15) is 55.7 Å². The predicted octanol–water partition coefficient (Wildman–Crippen LogP) is 7.75. The van der Waals surface area contributed by atoms with Gasteiger partial charge in [-0.25, -0.2) is 0 Å². The minimum absolute atomic E-state index is 1.18. The number of benzene rings is 3. The lowest BCUT2D eigenvalue weighted by Gasteiger charge is -2.06. The van der Waals surface area contributed by atoms with E-state index in [1.807, 2.05) is 0 Å². The first-order valence-corrected chi connectivity index (χ1v) is 9.86. The lowest BCUT2D eigenvalue weighted by Crippen LogP contribution is -1.85. The average Bonchev–Trinajstić information content (AvgIpc) is 3.03. The Kier molecular flexibility index (Phi) is 5.02. The number of hydrogen-bond donors (Lipinski definition) is 0. The van der Waals surface area contributed by atoms with Crippen molar-refractivity contribution >= 4 is 28.0 Å². The number of allylic oxidation sites excluding steroid dienone is 3. The van der Waals surface area contributed by atoms with Crippen LogP contribution in [0.5, 0.6) is 0 Å². The van der Waals surface area contributed by atoms with Crippen LogP contribution in [0.25, 0.3) is 28.0 Å². The van der Waals surface area contributed by atoms with Crippen LogP contribution < -0.4 is 0 Å². The topological polar surface area (TPSA) is 0 Å². The van der Waals surface area contributed by atoms with Crippen LogP contribution in [0, 0.1) is 0 Å². The van der Waals surface area contributed by atoms with Gasteiger partial charge >= 0.3 is 0 Å². The highest BCUT2D eigenvalue weighted by molar-refractivity contribution is 6.04. The van der Waals surface area contributed by atoms with Gasteiger partial charge in [0.2, 0.25) is 0 Å². The summed E-state index contributed by atoms with van der Waals surface area (Å²) in [6.45, 7) is 2.27. The first kappa shape index (κ1) is 16.8. The average molecular weight is 338 g/mol. The zero-order chi connectivity index (χ0) is 17.8. The lowest BCUT2D eigenvalue weighted by atomic mass is 9.98. The van der Waals surface area contributed by atoms with E-state index in [4.69, 9.17) is 0 Å². The molecule has 4 rings (SSSR count). The Hall–Kier alpha value is -2.60. The van der Waals surface area contributed by atoms with Crippen LogP contribution in [-0.4, -0.2) is 0 Å². The summed E-state index contributed by atoms with van der Waals surface area (Å²) in [5, 5.41) is 2.63. The normalized spacial score (nSPS) is 14.7. The van der Waals surface area contributed by atoms with Gasteiger partial charge in [0, 0.05) is 0 Å². The zero-order valence-electron chi connectivity index (χ0n) is 15.5. The molecular formula is C26H26. The first-order valence-electron chi connectivity index (χ1n) is 9.86. The van der Waals surface area contributed by atoms with Gasteiger partial charge in [-0.05, 0) is 57.5 Å². The molecule has 0 heterocycles. The molecule has 0 amide bonds. The Morgan fingerprint density at radius 1 is 0.731 bits per heavy atom. The molecule has 0 heteroatoms. The maximum Gasteiger partial charge on any atom is -0.0108 e. The van der Waals surface area contributed by atoms with Crippen molar-refractivity contribution in [3.8, 4) is 0 Å². The van der Waals surface area contributed by atoms with Gasteiger partial charge in [-0.2, -0.15) is 0 Å². The Balaban J connectivity index is 1.71. The highest BCUT2D eigenvalue weighted by atomic mass is 14.2. The summed E-state index contributed by atoms with van der Waals surface area (Å²) < 4.78 is 0. The standard InChI is InChI=1S/C26H26/c1-2-3-4-5-12-22-19-23(26-17-9-8-16-25(22)26)18-21-14-10-13-20-11-6-7-15-24(20)21/h6-11,13-19H,2-5,12H2,1H3. The van der Waals surface area contributed by atoms with Gasteiger partial charge in [-0.15, -0.1) is 0 Å². The second-order valence-corrected chi connectivity index (χ2v) is 7.19. The molecule has 0 spiro atoms. The van der Waals surface area contributed by atoms with E-state index in [9.17, 15) is 0 Å². The van der Waals surface area contributed by atoms with E-state index < -0.39 is 0 Å². The summed E-state index contributed by atoms with van der Waals surface area (Å²) >= 11 is 0. The van der Waals surface area contributed by atoms with Crippen molar-refractivity contribution in [2.45, 2.75) is 39.0 Å². The second kappa shape index (κ2) is 7.74. The van der Waals surface area contributed by atoms with Crippen LogP contribution in [0.3, 0.4) is 0 Å². The predicted molar refractivity (Wildman–Crippen MR) is 115 cm³/mol. The van der Waals surface area contributed by atoms with Crippen molar-refractivity contribution in [2.24, 2.45) is 0 Å². The fourth-order valence-corrected chi connectivity index (χ4v) is 3.97. The van der Waals surface area contributed by atoms with E-state index >= 15 is 0 Å². The number of unbranched alkanes of at least 4 members (excludes halogenated alkanes) is 3. The second-order valence-electron chi connectivity index (χ2n) is 7.19. The highest BCUT2D eigenvalue weighted by Crippen LogP contribution is 2.39. The highest BCUT2D eigenvalue weighted by Gasteiger charge is 2.17. The van der Waals surface area contributed by atoms with E-state index in [2.05, 4.69) is 85.8 Å². The van der Waals surface area contributed by atoms with E-state index in [1.165, 1.54) is 70.7 Å².